The van der Waals surface area contributed by atoms with E-state index in [0.29, 0.717) is 11.0 Å². The first kappa shape index (κ1) is 13.3. The van der Waals surface area contributed by atoms with E-state index < -0.39 is 0 Å². The first-order chi connectivity index (χ1) is 9.70. The van der Waals surface area contributed by atoms with Gasteiger partial charge in [-0.2, -0.15) is 5.10 Å². The van der Waals surface area contributed by atoms with Gasteiger partial charge < -0.3 is 5.32 Å². The van der Waals surface area contributed by atoms with Crippen LogP contribution in [0.2, 0.25) is 0 Å². The van der Waals surface area contributed by atoms with Gasteiger partial charge in [0, 0.05) is 43.2 Å². The maximum Gasteiger partial charge on any atom is 0.223 e. The minimum Gasteiger partial charge on any atom is -0.302 e. The molecule has 1 atom stereocenters. The quantitative estimate of drug-likeness (QED) is 0.901. The van der Waals surface area contributed by atoms with Gasteiger partial charge in [0.05, 0.1) is 5.69 Å². The highest BCUT2D eigenvalue weighted by atomic mass is 32.1. The van der Waals surface area contributed by atoms with Gasteiger partial charge in [-0.3, -0.25) is 14.8 Å². The number of aromatic amines is 1. The third kappa shape index (κ3) is 3.05. The molecule has 7 heteroatoms. The minimum atomic E-state index is -0.0774. The highest BCUT2D eigenvalue weighted by Gasteiger charge is 2.25. The number of carbonyl (C=O) groups is 1. The number of nitrogens with one attached hydrogen (secondary N) is 2. The summed E-state index contributed by atoms with van der Waals surface area (Å²) in [5.41, 5.74) is 2.23. The number of amides is 1. The van der Waals surface area contributed by atoms with E-state index in [4.69, 9.17) is 0 Å². The number of aromatic nitrogens is 3. The van der Waals surface area contributed by atoms with Crippen molar-refractivity contribution >= 4 is 22.4 Å². The third-order valence-electron chi connectivity index (χ3n) is 3.45. The molecule has 0 aliphatic carbocycles. The Kier molecular flexibility index (Phi) is 3.79. The van der Waals surface area contributed by atoms with Gasteiger partial charge >= 0.3 is 0 Å². The van der Waals surface area contributed by atoms with Crippen LogP contribution in [0.5, 0.6) is 0 Å². The Bertz CT molecular complexity index is 579. The van der Waals surface area contributed by atoms with Crippen molar-refractivity contribution < 1.29 is 4.79 Å². The van der Waals surface area contributed by atoms with E-state index in [2.05, 4.69) is 25.4 Å². The largest absolute Gasteiger partial charge is 0.302 e. The second-order valence-electron chi connectivity index (χ2n) is 5.06. The van der Waals surface area contributed by atoms with Crippen molar-refractivity contribution in [1.29, 1.82) is 0 Å². The maximum atomic E-state index is 11.0. The molecule has 0 radical (unpaired) electrons. The first-order valence-corrected chi connectivity index (χ1v) is 7.52. The molecule has 2 N–H and O–H groups in total. The van der Waals surface area contributed by atoms with E-state index >= 15 is 0 Å². The smallest absolute Gasteiger partial charge is 0.223 e. The molecule has 6 nitrogen and oxygen atoms in total. The van der Waals surface area contributed by atoms with Crippen LogP contribution in [0.25, 0.3) is 0 Å². The van der Waals surface area contributed by atoms with Crippen molar-refractivity contribution in [3.63, 3.8) is 0 Å². The number of nitrogens with zero attached hydrogens (tertiary/aromatic N) is 3. The van der Waals surface area contributed by atoms with Crippen LogP contribution in [0, 0.1) is 0 Å². The SMILES string of the molecule is CC(=O)Nc1nc(CN2CCC(c3ccn[nH]3)C2)cs1. The number of hydrogen-bond acceptors (Lipinski definition) is 5. The molecule has 3 heterocycles. The van der Waals surface area contributed by atoms with Gasteiger partial charge in [-0.25, -0.2) is 4.98 Å². The van der Waals surface area contributed by atoms with Crippen LogP contribution in [0.3, 0.4) is 0 Å². The Hall–Kier alpha value is -1.73. The molecule has 0 spiro atoms. The summed E-state index contributed by atoms with van der Waals surface area (Å²) in [6.07, 6.45) is 2.95. The highest BCUT2D eigenvalue weighted by molar-refractivity contribution is 7.13. The van der Waals surface area contributed by atoms with Gasteiger partial charge in [0.15, 0.2) is 5.13 Å². The average Bonchev–Trinajstić information content (AvgIpc) is 3.09. The Labute approximate surface area is 121 Å². The van der Waals surface area contributed by atoms with Crippen LogP contribution in [0.4, 0.5) is 5.13 Å². The van der Waals surface area contributed by atoms with Crippen molar-refractivity contribution in [2.45, 2.75) is 25.8 Å². The summed E-state index contributed by atoms with van der Waals surface area (Å²) in [6.45, 7) is 4.42. The molecule has 2 aromatic rings. The zero-order valence-electron chi connectivity index (χ0n) is 11.3. The Morgan fingerprint density at radius 2 is 2.55 bits per heavy atom. The van der Waals surface area contributed by atoms with Crippen LogP contribution < -0.4 is 5.32 Å². The lowest BCUT2D eigenvalue weighted by atomic mass is 10.1. The summed E-state index contributed by atoms with van der Waals surface area (Å²) in [5, 5.41) is 12.5. The molecular formula is C13H17N5OS. The van der Waals surface area contributed by atoms with Crippen LogP contribution in [-0.2, 0) is 11.3 Å². The number of carbonyl (C=O) groups excluding carboxylic acids is 1. The second kappa shape index (κ2) is 5.72. The second-order valence-corrected chi connectivity index (χ2v) is 5.92. The van der Waals surface area contributed by atoms with Crippen molar-refractivity contribution in [3.8, 4) is 0 Å². The van der Waals surface area contributed by atoms with Crippen LogP contribution in [-0.4, -0.2) is 39.1 Å². The topological polar surface area (TPSA) is 73.9 Å². The summed E-state index contributed by atoms with van der Waals surface area (Å²) < 4.78 is 0. The highest BCUT2D eigenvalue weighted by Crippen LogP contribution is 2.27. The fourth-order valence-electron chi connectivity index (χ4n) is 2.54. The molecule has 0 saturated carbocycles. The number of hydrogen-bond donors (Lipinski definition) is 2. The molecule has 0 bridgehead atoms. The lowest BCUT2D eigenvalue weighted by Crippen LogP contribution is -2.20. The average molecular weight is 291 g/mol. The molecule has 1 saturated heterocycles. The summed E-state index contributed by atoms with van der Waals surface area (Å²) in [7, 11) is 0. The van der Waals surface area contributed by atoms with E-state index in [0.717, 1.165) is 31.7 Å². The van der Waals surface area contributed by atoms with Crippen molar-refractivity contribution in [1.82, 2.24) is 20.1 Å². The van der Waals surface area contributed by atoms with Gasteiger partial charge in [0.2, 0.25) is 5.91 Å². The molecule has 1 aliphatic heterocycles. The number of H-pyrrole nitrogens is 1. The molecular weight excluding hydrogens is 274 g/mol. The summed E-state index contributed by atoms with van der Waals surface area (Å²) in [5.74, 6) is 0.456. The summed E-state index contributed by atoms with van der Waals surface area (Å²) in [4.78, 5) is 17.8. The van der Waals surface area contributed by atoms with E-state index in [9.17, 15) is 4.79 Å². The Morgan fingerprint density at radius 1 is 1.65 bits per heavy atom. The van der Waals surface area contributed by atoms with Gasteiger partial charge in [-0.1, -0.05) is 0 Å². The summed E-state index contributed by atoms with van der Waals surface area (Å²) >= 11 is 1.47. The number of anilines is 1. The Morgan fingerprint density at radius 3 is 3.30 bits per heavy atom. The Balaban J connectivity index is 1.56. The van der Waals surface area contributed by atoms with Crippen molar-refractivity contribution in [2.75, 3.05) is 18.4 Å². The first-order valence-electron chi connectivity index (χ1n) is 6.64. The van der Waals surface area contributed by atoms with Gasteiger partial charge in [-0.05, 0) is 19.0 Å². The van der Waals surface area contributed by atoms with Gasteiger partial charge in [-0.15, -0.1) is 11.3 Å². The fourth-order valence-corrected chi connectivity index (χ4v) is 3.29. The molecule has 1 aliphatic rings. The monoisotopic (exact) mass is 291 g/mol. The normalized spacial score (nSPS) is 19.4. The number of thiazole rings is 1. The molecule has 1 fully saturated rings. The number of likely N-dealkylation sites (tertiary alicyclic amines) is 1. The van der Waals surface area contributed by atoms with E-state index in [-0.39, 0.29) is 5.91 Å². The molecule has 1 unspecified atom stereocenters. The standard InChI is InChI=1S/C13H17N5OS/c1-9(19)15-13-16-11(8-20-13)7-18-5-3-10(6-18)12-2-4-14-17-12/h2,4,8,10H,3,5-7H2,1H3,(H,14,17)(H,15,16,19). The zero-order valence-corrected chi connectivity index (χ0v) is 12.1. The molecule has 1 amide bonds. The van der Waals surface area contributed by atoms with Crippen molar-refractivity contribution in [3.05, 3.63) is 29.0 Å². The summed E-state index contributed by atoms with van der Waals surface area (Å²) in [6, 6.07) is 2.05. The van der Waals surface area contributed by atoms with Gasteiger partial charge in [0.25, 0.3) is 0 Å². The lowest BCUT2D eigenvalue weighted by Gasteiger charge is -2.13. The zero-order chi connectivity index (χ0) is 13.9. The molecule has 0 aromatic carbocycles. The fraction of sp³-hybridized carbons (Fsp3) is 0.462. The minimum absolute atomic E-state index is 0.0774. The van der Waals surface area contributed by atoms with Crippen LogP contribution in [0.1, 0.15) is 30.7 Å². The molecule has 2 aromatic heterocycles. The van der Waals surface area contributed by atoms with E-state index in [1.165, 1.54) is 24.0 Å². The molecule has 106 valence electrons. The lowest BCUT2D eigenvalue weighted by molar-refractivity contribution is -0.114. The molecule has 3 rings (SSSR count). The predicted molar refractivity (Wildman–Crippen MR) is 77.6 cm³/mol. The maximum absolute atomic E-state index is 11.0. The van der Waals surface area contributed by atoms with Gasteiger partial charge in [0.1, 0.15) is 0 Å². The third-order valence-corrected chi connectivity index (χ3v) is 4.26. The van der Waals surface area contributed by atoms with Crippen LogP contribution >= 0.6 is 11.3 Å². The molecule has 20 heavy (non-hydrogen) atoms. The predicted octanol–water partition coefficient (Wildman–Crippen LogP) is 1.81. The van der Waals surface area contributed by atoms with Crippen LogP contribution in [0.15, 0.2) is 17.6 Å². The van der Waals surface area contributed by atoms with E-state index in [1.807, 2.05) is 11.4 Å². The van der Waals surface area contributed by atoms with E-state index in [1.54, 1.807) is 6.20 Å². The number of rotatable bonds is 4. The van der Waals surface area contributed by atoms with Crippen molar-refractivity contribution in [2.24, 2.45) is 0 Å².